The molecule has 4 aromatic rings. The van der Waals surface area contributed by atoms with E-state index in [0.717, 1.165) is 104 Å². The second-order valence-electron chi connectivity index (χ2n) is 14.1. The van der Waals surface area contributed by atoms with Crippen molar-refractivity contribution >= 4 is 51.2 Å². The Balaban J connectivity index is 1.09. The number of carbonyl (C=O) groups is 1. The van der Waals surface area contributed by atoms with Crippen LogP contribution in [-0.2, 0) is 4.74 Å². The van der Waals surface area contributed by atoms with Crippen molar-refractivity contribution in [3.05, 3.63) is 82.5 Å². The van der Waals surface area contributed by atoms with Crippen LogP contribution in [0.25, 0.3) is 16.6 Å². The number of pyridine rings is 1. The second-order valence-corrected chi connectivity index (χ2v) is 14.6. The van der Waals surface area contributed by atoms with Crippen molar-refractivity contribution in [1.29, 1.82) is 0 Å². The summed E-state index contributed by atoms with van der Waals surface area (Å²) in [6.45, 7) is 11.1. The predicted octanol–water partition coefficient (Wildman–Crippen LogP) is 8.49. The van der Waals surface area contributed by atoms with Crippen molar-refractivity contribution in [3.8, 4) is 5.88 Å². The summed E-state index contributed by atoms with van der Waals surface area (Å²) in [4.78, 5) is 28.3. The number of fused-ring (bicyclic) bond motifs is 2. The summed E-state index contributed by atoms with van der Waals surface area (Å²) in [7, 11) is 1.44. The van der Waals surface area contributed by atoms with Crippen molar-refractivity contribution in [2.45, 2.75) is 52.4 Å². The highest BCUT2D eigenvalue weighted by Crippen LogP contribution is 2.44. The Bertz CT molecular complexity index is 1810. The summed E-state index contributed by atoms with van der Waals surface area (Å²) in [5.41, 5.74) is 8.90. The molecule has 0 atom stereocenters. The molecule has 0 bridgehead atoms. The third-order valence-electron chi connectivity index (χ3n) is 10.3. The number of piperazine rings is 1. The first-order chi connectivity index (χ1) is 23.3. The number of aromatic amines is 1. The van der Waals surface area contributed by atoms with Crippen molar-refractivity contribution < 1.29 is 14.3 Å². The standard InChI is InChI=1S/C39H46ClN5O3/c1-39(2)15-12-28(33(26-39)27-6-8-30(40)9-7-27)14-18-43-19-21-44(22-20-43)31-10-11-32(38(46)47-3)34(25-31)45-17-4-5-23-48-37-35(45)24-29-13-16-41-36(29)42-37/h6-11,13,16,24-25H,4-5,12,14-15,17-23,26H2,1-3H3,(H,41,42). The number of H-pyrrole nitrogens is 1. The number of anilines is 3. The predicted molar refractivity (Wildman–Crippen MR) is 195 cm³/mol. The van der Waals surface area contributed by atoms with E-state index >= 15 is 0 Å². The van der Waals surface area contributed by atoms with Crippen molar-refractivity contribution in [2.24, 2.45) is 5.41 Å². The van der Waals surface area contributed by atoms with Crippen LogP contribution in [0.3, 0.4) is 0 Å². The van der Waals surface area contributed by atoms with Crippen LogP contribution in [0.4, 0.5) is 17.1 Å². The number of rotatable bonds is 7. The normalized spacial score (nSPS) is 18.7. The second kappa shape index (κ2) is 13.8. The van der Waals surface area contributed by atoms with Crippen LogP contribution in [0.2, 0.25) is 5.02 Å². The summed E-state index contributed by atoms with van der Waals surface area (Å²) in [6.07, 6.45) is 8.34. The largest absolute Gasteiger partial charge is 0.476 e. The maximum Gasteiger partial charge on any atom is 0.339 e. The molecular formula is C39H46ClN5O3. The topological polar surface area (TPSA) is 73.9 Å². The number of carbonyl (C=O) groups excluding carboxylic acids is 1. The maximum absolute atomic E-state index is 13.1. The van der Waals surface area contributed by atoms with Crippen LogP contribution in [0.5, 0.6) is 5.88 Å². The number of nitrogens with zero attached hydrogens (tertiary/aromatic N) is 4. The fourth-order valence-corrected chi connectivity index (χ4v) is 7.60. The van der Waals surface area contributed by atoms with Gasteiger partial charge in [0.15, 0.2) is 0 Å². The zero-order valence-electron chi connectivity index (χ0n) is 28.4. The fourth-order valence-electron chi connectivity index (χ4n) is 7.48. The zero-order valence-corrected chi connectivity index (χ0v) is 29.1. The van der Waals surface area contributed by atoms with Gasteiger partial charge in [-0.1, -0.05) is 43.2 Å². The zero-order chi connectivity index (χ0) is 33.3. The molecule has 1 saturated heterocycles. The Morgan fingerprint density at radius 3 is 2.60 bits per heavy atom. The van der Waals surface area contributed by atoms with Gasteiger partial charge in [0, 0.05) is 61.6 Å². The lowest BCUT2D eigenvalue weighted by atomic mass is 9.72. The minimum atomic E-state index is -0.347. The minimum absolute atomic E-state index is 0.318. The van der Waals surface area contributed by atoms with Crippen LogP contribution in [0.1, 0.15) is 68.3 Å². The molecule has 3 aliphatic rings. The fraction of sp³-hybridized carbons (Fsp3) is 0.436. The van der Waals surface area contributed by atoms with E-state index in [1.54, 1.807) is 5.57 Å². The quantitative estimate of drug-likeness (QED) is 0.198. The summed E-state index contributed by atoms with van der Waals surface area (Å²) in [5.74, 6) is 0.232. The Morgan fingerprint density at radius 1 is 1.00 bits per heavy atom. The molecule has 0 radical (unpaired) electrons. The summed E-state index contributed by atoms with van der Waals surface area (Å²) >= 11 is 6.23. The van der Waals surface area contributed by atoms with Gasteiger partial charge in [-0.15, -0.1) is 0 Å². The molecule has 0 saturated carbocycles. The Morgan fingerprint density at radius 2 is 1.81 bits per heavy atom. The summed E-state index contributed by atoms with van der Waals surface area (Å²) < 4.78 is 11.4. The number of methoxy groups -OCH3 is 1. The summed E-state index contributed by atoms with van der Waals surface area (Å²) in [6, 6.07) is 18.7. The Kier molecular flexibility index (Phi) is 9.38. The van der Waals surface area contributed by atoms with E-state index in [1.807, 2.05) is 30.5 Å². The molecule has 9 heteroatoms. The average Bonchev–Trinajstić information content (AvgIpc) is 3.55. The van der Waals surface area contributed by atoms with E-state index in [0.29, 0.717) is 23.5 Å². The number of ether oxygens (including phenoxy) is 2. The van der Waals surface area contributed by atoms with Gasteiger partial charge in [0.05, 0.1) is 25.0 Å². The molecular weight excluding hydrogens is 622 g/mol. The number of benzene rings is 2. The first-order valence-electron chi connectivity index (χ1n) is 17.3. The monoisotopic (exact) mass is 667 g/mol. The molecule has 252 valence electrons. The highest BCUT2D eigenvalue weighted by atomic mass is 35.5. The molecule has 2 aliphatic heterocycles. The van der Waals surface area contributed by atoms with E-state index in [1.165, 1.54) is 24.7 Å². The third-order valence-corrected chi connectivity index (χ3v) is 10.6. The summed E-state index contributed by atoms with van der Waals surface area (Å²) in [5, 5.41) is 1.79. The molecule has 1 aliphatic carbocycles. The van der Waals surface area contributed by atoms with Gasteiger partial charge in [0.1, 0.15) is 11.3 Å². The number of hydrogen-bond donors (Lipinski definition) is 1. The molecule has 1 fully saturated rings. The van der Waals surface area contributed by atoms with Gasteiger partial charge < -0.3 is 24.3 Å². The SMILES string of the molecule is COC(=O)c1ccc(N2CCN(CCC3=C(c4ccc(Cl)cc4)CC(C)(C)CC3)CC2)cc1N1CCCCOc2nc3[nH]ccc3cc21. The number of allylic oxidation sites excluding steroid dienone is 1. The van der Waals surface area contributed by atoms with Gasteiger partial charge in [0.25, 0.3) is 0 Å². The van der Waals surface area contributed by atoms with Crippen molar-refractivity contribution in [1.82, 2.24) is 14.9 Å². The third kappa shape index (κ3) is 6.92. The molecule has 2 aromatic carbocycles. The van der Waals surface area contributed by atoms with Crippen LogP contribution >= 0.6 is 11.6 Å². The smallest absolute Gasteiger partial charge is 0.339 e. The number of aromatic nitrogens is 2. The number of nitrogens with one attached hydrogen (secondary N) is 1. The number of hydrogen-bond acceptors (Lipinski definition) is 7. The van der Waals surface area contributed by atoms with Gasteiger partial charge in [-0.25, -0.2) is 4.79 Å². The lowest BCUT2D eigenvalue weighted by Gasteiger charge is -2.38. The molecule has 0 spiro atoms. The van der Waals surface area contributed by atoms with Crippen LogP contribution in [0, 0.1) is 5.41 Å². The highest BCUT2D eigenvalue weighted by Gasteiger charge is 2.29. The lowest BCUT2D eigenvalue weighted by Crippen LogP contribution is -2.46. The molecule has 0 amide bonds. The van der Waals surface area contributed by atoms with Crippen LogP contribution < -0.4 is 14.5 Å². The average molecular weight is 668 g/mol. The van der Waals surface area contributed by atoms with Gasteiger partial charge in [-0.2, -0.15) is 4.98 Å². The van der Waals surface area contributed by atoms with Gasteiger partial charge in [-0.05, 0) is 97.5 Å². The minimum Gasteiger partial charge on any atom is -0.476 e. The highest BCUT2D eigenvalue weighted by molar-refractivity contribution is 6.30. The number of halogens is 1. The van der Waals surface area contributed by atoms with Crippen molar-refractivity contribution in [2.75, 3.05) is 62.8 Å². The van der Waals surface area contributed by atoms with E-state index in [9.17, 15) is 4.79 Å². The van der Waals surface area contributed by atoms with E-state index in [2.05, 4.69) is 63.9 Å². The Labute approximate surface area is 288 Å². The molecule has 1 N–H and O–H groups in total. The first kappa shape index (κ1) is 32.5. The van der Waals surface area contributed by atoms with E-state index in [-0.39, 0.29) is 5.97 Å². The number of esters is 1. The van der Waals surface area contributed by atoms with Gasteiger partial charge >= 0.3 is 5.97 Å². The van der Waals surface area contributed by atoms with E-state index in [4.69, 9.17) is 26.1 Å². The maximum atomic E-state index is 13.1. The Hall–Kier alpha value is -4.01. The molecule has 7 rings (SSSR count). The first-order valence-corrected chi connectivity index (χ1v) is 17.7. The molecule has 48 heavy (non-hydrogen) atoms. The molecule has 0 unspecified atom stereocenters. The lowest BCUT2D eigenvalue weighted by molar-refractivity contribution is 0.0601. The van der Waals surface area contributed by atoms with E-state index < -0.39 is 0 Å². The molecule has 8 nitrogen and oxygen atoms in total. The van der Waals surface area contributed by atoms with Gasteiger partial charge in [-0.3, -0.25) is 4.90 Å². The van der Waals surface area contributed by atoms with Crippen LogP contribution in [-0.4, -0.2) is 73.8 Å². The molecule has 4 heterocycles. The van der Waals surface area contributed by atoms with Crippen LogP contribution in [0.15, 0.2) is 66.4 Å². The van der Waals surface area contributed by atoms with Gasteiger partial charge in [0.2, 0.25) is 5.88 Å². The van der Waals surface area contributed by atoms with Crippen molar-refractivity contribution in [3.63, 3.8) is 0 Å². The molecule has 2 aromatic heterocycles.